The molecule has 0 bridgehead atoms. The zero-order valence-corrected chi connectivity index (χ0v) is 17.2. The minimum absolute atomic E-state index is 0.0836. The molecule has 1 amide bonds. The Labute approximate surface area is 180 Å². The molecule has 0 fully saturated rings. The predicted molar refractivity (Wildman–Crippen MR) is 120 cm³/mol. The molecule has 0 radical (unpaired) electrons. The Morgan fingerprint density at radius 3 is 2.68 bits per heavy atom. The molecule has 31 heavy (non-hydrogen) atoms. The predicted octanol–water partition coefficient (Wildman–Crippen LogP) is 3.30. The molecule has 3 aromatic rings. The molecule has 6 nitrogen and oxygen atoms in total. The molecule has 0 unspecified atom stereocenters. The average Bonchev–Trinajstić information content (AvgIpc) is 3.26. The van der Waals surface area contributed by atoms with Crippen molar-refractivity contribution in [2.45, 2.75) is 19.4 Å². The summed E-state index contributed by atoms with van der Waals surface area (Å²) in [6, 6.07) is 18.9. The average molecular weight is 413 g/mol. The van der Waals surface area contributed by atoms with Crippen LogP contribution in [0.3, 0.4) is 0 Å². The van der Waals surface area contributed by atoms with Crippen LogP contribution in [0.15, 0.2) is 71.5 Å². The van der Waals surface area contributed by atoms with Crippen molar-refractivity contribution >= 4 is 17.2 Å². The van der Waals surface area contributed by atoms with Gasteiger partial charge in [0.1, 0.15) is 6.54 Å². The van der Waals surface area contributed by atoms with E-state index >= 15 is 0 Å². The molecule has 6 heteroatoms. The molecule has 3 heterocycles. The number of rotatable bonds is 4. The molecule has 0 saturated carbocycles. The van der Waals surface area contributed by atoms with Gasteiger partial charge in [-0.1, -0.05) is 48.5 Å². The molecular formula is C25H23N3O3. The van der Waals surface area contributed by atoms with Gasteiger partial charge in [-0.25, -0.2) is 4.68 Å². The van der Waals surface area contributed by atoms with E-state index in [0.717, 1.165) is 30.7 Å². The fourth-order valence-electron chi connectivity index (χ4n) is 4.30. The number of anilines is 1. The Morgan fingerprint density at radius 2 is 1.87 bits per heavy atom. The van der Waals surface area contributed by atoms with Crippen molar-refractivity contribution in [1.82, 2.24) is 9.78 Å². The highest BCUT2D eigenvalue weighted by molar-refractivity contribution is 5.96. The van der Waals surface area contributed by atoms with Gasteiger partial charge in [0.25, 0.3) is 5.56 Å². The first-order chi connectivity index (χ1) is 15.2. The van der Waals surface area contributed by atoms with Gasteiger partial charge < -0.3 is 9.64 Å². The van der Waals surface area contributed by atoms with E-state index in [-0.39, 0.29) is 18.0 Å². The van der Waals surface area contributed by atoms with Crippen molar-refractivity contribution in [3.05, 3.63) is 88.2 Å². The number of carbonyl (C=O) groups is 1. The van der Waals surface area contributed by atoms with Crippen LogP contribution in [0.1, 0.15) is 17.5 Å². The van der Waals surface area contributed by atoms with Crippen LogP contribution in [0, 0.1) is 0 Å². The summed E-state index contributed by atoms with van der Waals surface area (Å²) in [5.74, 6) is -0.128. The maximum atomic E-state index is 13.2. The van der Waals surface area contributed by atoms with E-state index in [9.17, 15) is 9.59 Å². The van der Waals surface area contributed by atoms with Crippen LogP contribution >= 0.6 is 0 Å². The minimum atomic E-state index is -0.284. The van der Waals surface area contributed by atoms with E-state index in [1.807, 2.05) is 42.5 Å². The van der Waals surface area contributed by atoms with Crippen molar-refractivity contribution in [3.63, 3.8) is 0 Å². The van der Waals surface area contributed by atoms with Gasteiger partial charge in [-0.3, -0.25) is 9.59 Å². The summed E-state index contributed by atoms with van der Waals surface area (Å²) in [5.41, 5.74) is 5.91. The van der Waals surface area contributed by atoms with Crippen LogP contribution in [0.25, 0.3) is 16.8 Å². The van der Waals surface area contributed by atoms with Crippen LogP contribution in [0.4, 0.5) is 5.69 Å². The fourth-order valence-corrected chi connectivity index (χ4v) is 4.30. The van der Waals surface area contributed by atoms with E-state index in [1.54, 1.807) is 11.0 Å². The standard InChI is InChI=1S/C25H23N3O3/c29-24-10-9-22(19-5-2-1-3-6-19)26-28(24)17-25(30)27-14-11-21-20(7-4-8-23(21)27)18-12-15-31-16-13-18/h1-10,12H,11,13-17H2. The molecule has 0 N–H and O–H groups in total. The van der Waals surface area contributed by atoms with Crippen LogP contribution in [-0.2, 0) is 22.5 Å². The second-order valence-corrected chi connectivity index (χ2v) is 7.73. The molecule has 0 atom stereocenters. The fraction of sp³-hybridized carbons (Fsp3) is 0.240. The summed E-state index contributed by atoms with van der Waals surface area (Å²) in [5, 5.41) is 4.43. The highest BCUT2D eigenvalue weighted by Crippen LogP contribution is 2.35. The molecule has 2 aromatic carbocycles. The first-order valence-electron chi connectivity index (χ1n) is 10.5. The Hall–Kier alpha value is -3.51. The summed E-state index contributed by atoms with van der Waals surface area (Å²) >= 11 is 0. The number of carbonyl (C=O) groups excluding carboxylic acids is 1. The number of hydrogen-bond donors (Lipinski definition) is 0. The van der Waals surface area contributed by atoms with Gasteiger partial charge in [-0.05, 0) is 41.7 Å². The Morgan fingerprint density at radius 1 is 1.00 bits per heavy atom. The molecule has 156 valence electrons. The van der Waals surface area contributed by atoms with Crippen LogP contribution < -0.4 is 10.5 Å². The van der Waals surface area contributed by atoms with Gasteiger partial charge in [0.2, 0.25) is 5.91 Å². The third kappa shape index (κ3) is 3.82. The largest absolute Gasteiger partial charge is 0.377 e. The number of ether oxygens (including phenoxy) is 1. The van der Waals surface area contributed by atoms with Gasteiger partial charge in [0.05, 0.1) is 18.9 Å². The summed E-state index contributed by atoms with van der Waals surface area (Å²) < 4.78 is 6.70. The molecule has 2 aliphatic rings. The summed E-state index contributed by atoms with van der Waals surface area (Å²) in [7, 11) is 0. The van der Waals surface area contributed by atoms with E-state index in [0.29, 0.717) is 18.8 Å². The van der Waals surface area contributed by atoms with Gasteiger partial charge in [0.15, 0.2) is 0 Å². The van der Waals surface area contributed by atoms with Crippen LogP contribution in [-0.4, -0.2) is 35.4 Å². The highest BCUT2D eigenvalue weighted by Gasteiger charge is 2.28. The van der Waals surface area contributed by atoms with Crippen molar-refractivity contribution < 1.29 is 9.53 Å². The Bertz CT molecular complexity index is 1210. The topological polar surface area (TPSA) is 64.4 Å². The number of amides is 1. The number of nitrogens with zero attached hydrogens (tertiary/aromatic N) is 3. The number of fused-ring (bicyclic) bond motifs is 1. The summed E-state index contributed by atoms with van der Waals surface area (Å²) in [6.45, 7) is 1.89. The van der Waals surface area contributed by atoms with Crippen molar-refractivity contribution in [2.75, 3.05) is 24.7 Å². The molecule has 0 saturated heterocycles. The smallest absolute Gasteiger partial charge is 0.267 e. The monoisotopic (exact) mass is 413 g/mol. The second kappa shape index (κ2) is 8.32. The molecular weight excluding hydrogens is 390 g/mol. The van der Waals surface area contributed by atoms with Crippen molar-refractivity contribution in [3.8, 4) is 11.3 Å². The normalized spacial score (nSPS) is 15.5. The maximum absolute atomic E-state index is 13.2. The SMILES string of the molecule is O=C(Cn1nc(-c2ccccc2)ccc1=O)N1CCc2c(C3=CCOCC3)cccc21. The minimum Gasteiger partial charge on any atom is -0.377 e. The van der Waals surface area contributed by atoms with E-state index in [2.05, 4.69) is 17.2 Å². The molecule has 2 aliphatic heterocycles. The van der Waals surface area contributed by atoms with Crippen molar-refractivity contribution in [1.29, 1.82) is 0 Å². The number of hydrogen-bond acceptors (Lipinski definition) is 4. The highest BCUT2D eigenvalue weighted by atomic mass is 16.5. The summed E-state index contributed by atoms with van der Waals surface area (Å²) in [4.78, 5) is 27.3. The number of benzene rings is 2. The second-order valence-electron chi connectivity index (χ2n) is 7.73. The molecule has 0 aliphatic carbocycles. The van der Waals surface area contributed by atoms with Crippen LogP contribution in [0.5, 0.6) is 0 Å². The Balaban J connectivity index is 1.41. The lowest BCUT2D eigenvalue weighted by Gasteiger charge is -2.20. The lowest BCUT2D eigenvalue weighted by molar-refractivity contribution is -0.119. The molecule has 5 rings (SSSR count). The lowest BCUT2D eigenvalue weighted by Crippen LogP contribution is -2.36. The summed E-state index contributed by atoms with van der Waals surface area (Å²) in [6.07, 6.45) is 3.82. The maximum Gasteiger partial charge on any atom is 0.267 e. The zero-order chi connectivity index (χ0) is 21.2. The van der Waals surface area contributed by atoms with Gasteiger partial charge in [0, 0.05) is 23.9 Å². The zero-order valence-electron chi connectivity index (χ0n) is 17.2. The third-order valence-corrected chi connectivity index (χ3v) is 5.86. The van der Waals surface area contributed by atoms with Crippen LogP contribution in [0.2, 0.25) is 0 Å². The first-order valence-corrected chi connectivity index (χ1v) is 10.5. The van der Waals surface area contributed by atoms with Crippen molar-refractivity contribution in [2.24, 2.45) is 0 Å². The number of aromatic nitrogens is 2. The molecule has 0 spiro atoms. The molecule has 1 aromatic heterocycles. The van der Waals surface area contributed by atoms with Gasteiger partial charge >= 0.3 is 0 Å². The van der Waals surface area contributed by atoms with E-state index < -0.39 is 0 Å². The Kier molecular flexibility index (Phi) is 5.22. The lowest BCUT2D eigenvalue weighted by atomic mass is 9.95. The van der Waals surface area contributed by atoms with E-state index in [1.165, 1.54) is 27.4 Å². The van der Waals surface area contributed by atoms with Gasteiger partial charge in [-0.2, -0.15) is 5.10 Å². The first kappa shape index (κ1) is 19.5. The van der Waals surface area contributed by atoms with Gasteiger partial charge in [-0.15, -0.1) is 0 Å². The van der Waals surface area contributed by atoms with E-state index in [4.69, 9.17) is 4.74 Å². The quantitative estimate of drug-likeness (QED) is 0.658. The third-order valence-electron chi connectivity index (χ3n) is 5.86.